The molecule has 0 spiro atoms. The number of carbonyl (C=O) groups excluding carboxylic acids is 2. The summed E-state index contributed by atoms with van der Waals surface area (Å²) >= 11 is 0. The normalized spacial score (nSPS) is 11.5. The first-order valence-electron chi connectivity index (χ1n) is 9.76. The van der Waals surface area contributed by atoms with Crippen LogP contribution >= 0.6 is 0 Å². The van der Waals surface area contributed by atoms with Crippen LogP contribution < -0.4 is 14.8 Å². The summed E-state index contributed by atoms with van der Waals surface area (Å²) < 4.78 is 17.5. The lowest BCUT2D eigenvalue weighted by Gasteiger charge is -2.16. The van der Waals surface area contributed by atoms with Crippen molar-refractivity contribution in [2.24, 2.45) is 0 Å². The molecular weight excluding hydrogens is 398 g/mol. The van der Waals surface area contributed by atoms with E-state index in [1.807, 2.05) is 24.3 Å². The number of hydrogen-bond acceptors (Lipinski definition) is 6. The van der Waals surface area contributed by atoms with E-state index in [0.717, 1.165) is 12.0 Å². The summed E-state index contributed by atoms with van der Waals surface area (Å²) in [5, 5.41) is 7.05. The average Bonchev–Trinajstić information content (AvgIpc) is 3.23. The number of benzene rings is 2. The molecule has 1 amide bonds. The SMILES string of the molecule is COc1ccc(CCn2cc(NC(=O)[C@H](OC(C)=O)c3ccccc3)cn2)cc1OC. The Morgan fingerprint density at radius 2 is 1.81 bits per heavy atom. The van der Waals surface area contributed by atoms with Crippen LogP contribution in [-0.4, -0.2) is 35.9 Å². The molecule has 0 bridgehead atoms. The van der Waals surface area contributed by atoms with E-state index in [0.29, 0.717) is 29.3 Å². The minimum atomic E-state index is -1.03. The zero-order chi connectivity index (χ0) is 22.2. The Labute approximate surface area is 180 Å². The highest BCUT2D eigenvalue weighted by Gasteiger charge is 2.24. The van der Waals surface area contributed by atoms with Gasteiger partial charge in [0, 0.05) is 25.2 Å². The van der Waals surface area contributed by atoms with Crippen molar-refractivity contribution in [2.75, 3.05) is 19.5 Å². The minimum Gasteiger partial charge on any atom is -0.493 e. The molecule has 162 valence electrons. The Kier molecular flexibility index (Phi) is 7.26. The molecule has 3 aromatic rings. The number of aryl methyl sites for hydroxylation is 2. The summed E-state index contributed by atoms with van der Waals surface area (Å²) in [7, 11) is 3.20. The number of methoxy groups -OCH3 is 2. The van der Waals surface area contributed by atoms with E-state index in [9.17, 15) is 9.59 Å². The highest BCUT2D eigenvalue weighted by molar-refractivity contribution is 5.95. The third-order valence-corrected chi connectivity index (χ3v) is 4.60. The summed E-state index contributed by atoms with van der Waals surface area (Å²) in [6.45, 7) is 1.88. The van der Waals surface area contributed by atoms with Gasteiger partial charge < -0.3 is 19.5 Å². The lowest BCUT2D eigenvalue weighted by atomic mass is 10.1. The number of esters is 1. The van der Waals surface area contributed by atoms with E-state index in [-0.39, 0.29) is 0 Å². The molecule has 1 N–H and O–H groups in total. The maximum atomic E-state index is 12.7. The van der Waals surface area contributed by atoms with Gasteiger partial charge in [-0.25, -0.2) is 0 Å². The van der Waals surface area contributed by atoms with Crippen LogP contribution in [0.25, 0.3) is 0 Å². The highest BCUT2D eigenvalue weighted by atomic mass is 16.5. The average molecular weight is 423 g/mol. The number of ether oxygens (including phenoxy) is 3. The molecule has 0 saturated carbocycles. The van der Waals surface area contributed by atoms with Crippen LogP contribution in [0.15, 0.2) is 60.9 Å². The quantitative estimate of drug-likeness (QED) is 0.531. The van der Waals surface area contributed by atoms with Crippen LogP contribution in [-0.2, 0) is 27.3 Å². The van der Waals surface area contributed by atoms with E-state index in [1.165, 1.54) is 6.92 Å². The smallest absolute Gasteiger partial charge is 0.303 e. The molecule has 0 fully saturated rings. The molecule has 3 rings (SSSR count). The van der Waals surface area contributed by atoms with Crippen molar-refractivity contribution in [3.05, 3.63) is 72.1 Å². The third-order valence-electron chi connectivity index (χ3n) is 4.60. The van der Waals surface area contributed by atoms with Gasteiger partial charge in [-0.15, -0.1) is 0 Å². The fourth-order valence-electron chi connectivity index (χ4n) is 3.10. The second-order valence-corrected chi connectivity index (χ2v) is 6.82. The largest absolute Gasteiger partial charge is 0.493 e. The summed E-state index contributed by atoms with van der Waals surface area (Å²) in [4.78, 5) is 24.2. The molecular formula is C23H25N3O5. The van der Waals surface area contributed by atoms with Crippen LogP contribution in [0.1, 0.15) is 24.2 Å². The second kappa shape index (κ2) is 10.3. The van der Waals surface area contributed by atoms with E-state index in [1.54, 1.807) is 55.6 Å². The van der Waals surface area contributed by atoms with Crippen LogP contribution in [0.2, 0.25) is 0 Å². The van der Waals surface area contributed by atoms with Gasteiger partial charge >= 0.3 is 5.97 Å². The molecule has 0 aliphatic heterocycles. The summed E-state index contributed by atoms with van der Waals surface area (Å²) in [6.07, 6.45) is 2.97. The number of hydrogen-bond donors (Lipinski definition) is 1. The Balaban J connectivity index is 1.63. The summed E-state index contributed by atoms with van der Waals surface area (Å²) in [5.74, 6) is 0.373. The first kappa shape index (κ1) is 21.9. The topological polar surface area (TPSA) is 91.7 Å². The predicted molar refractivity (Wildman–Crippen MR) is 115 cm³/mol. The molecule has 8 nitrogen and oxygen atoms in total. The zero-order valence-corrected chi connectivity index (χ0v) is 17.7. The monoisotopic (exact) mass is 423 g/mol. The van der Waals surface area contributed by atoms with E-state index in [2.05, 4.69) is 10.4 Å². The van der Waals surface area contributed by atoms with Crippen molar-refractivity contribution < 1.29 is 23.8 Å². The predicted octanol–water partition coefficient (Wildman–Crippen LogP) is 3.39. The zero-order valence-electron chi connectivity index (χ0n) is 17.7. The van der Waals surface area contributed by atoms with E-state index < -0.39 is 18.0 Å². The first-order valence-corrected chi connectivity index (χ1v) is 9.76. The van der Waals surface area contributed by atoms with E-state index >= 15 is 0 Å². The van der Waals surface area contributed by atoms with Crippen molar-refractivity contribution in [1.29, 1.82) is 0 Å². The number of nitrogens with one attached hydrogen (secondary N) is 1. The number of aromatic nitrogens is 2. The summed E-state index contributed by atoms with van der Waals surface area (Å²) in [6, 6.07) is 14.6. The molecule has 0 saturated heterocycles. The lowest BCUT2D eigenvalue weighted by molar-refractivity contribution is -0.152. The maximum Gasteiger partial charge on any atom is 0.303 e. The van der Waals surface area contributed by atoms with Gasteiger partial charge in [0.05, 0.1) is 26.1 Å². The molecule has 0 aliphatic carbocycles. The van der Waals surface area contributed by atoms with Crippen LogP contribution in [0.3, 0.4) is 0 Å². The molecule has 2 aromatic carbocycles. The maximum absolute atomic E-state index is 12.7. The van der Waals surface area contributed by atoms with Crippen LogP contribution in [0.5, 0.6) is 11.5 Å². The number of carbonyl (C=O) groups is 2. The van der Waals surface area contributed by atoms with Gasteiger partial charge in [0.15, 0.2) is 11.5 Å². The van der Waals surface area contributed by atoms with Crippen molar-refractivity contribution in [1.82, 2.24) is 9.78 Å². The molecule has 1 heterocycles. The number of nitrogens with zero attached hydrogens (tertiary/aromatic N) is 2. The van der Waals surface area contributed by atoms with Gasteiger partial charge in [-0.2, -0.15) is 5.10 Å². The van der Waals surface area contributed by atoms with Gasteiger partial charge in [0.25, 0.3) is 5.91 Å². The molecule has 0 unspecified atom stereocenters. The first-order chi connectivity index (χ1) is 15.0. The molecule has 1 aromatic heterocycles. The van der Waals surface area contributed by atoms with Crippen molar-refractivity contribution >= 4 is 17.6 Å². The van der Waals surface area contributed by atoms with Gasteiger partial charge in [-0.05, 0) is 24.1 Å². The Morgan fingerprint density at radius 1 is 1.06 bits per heavy atom. The highest BCUT2D eigenvalue weighted by Crippen LogP contribution is 2.28. The van der Waals surface area contributed by atoms with Gasteiger partial charge in [-0.3, -0.25) is 14.3 Å². The third kappa shape index (κ3) is 5.85. The van der Waals surface area contributed by atoms with Gasteiger partial charge in [0.2, 0.25) is 6.10 Å². The Morgan fingerprint density at radius 3 is 2.48 bits per heavy atom. The fraction of sp³-hybridized carbons (Fsp3) is 0.261. The number of rotatable bonds is 9. The molecule has 0 radical (unpaired) electrons. The fourth-order valence-corrected chi connectivity index (χ4v) is 3.10. The minimum absolute atomic E-state index is 0.444. The van der Waals surface area contributed by atoms with E-state index in [4.69, 9.17) is 14.2 Å². The van der Waals surface area contributed by atoms with Crippen LogP contribution in [0, 0.1) is 0 Å². The lowest BCUT2D eigenvalue weighted by Crippen LogP contribution is -2.24. The summed E-state index contributed by atoms with van der Waals surface area (Å²) in [5.41, 5.74) is 2.18. The van der Waals surface area contributed by atoms with Crippen LogP contribution in [0.4, 0.5) is 5.69 Å². The molecule has 8 heteroatoms. The second-order valence-electron chi connectivity index (χ2n) is 6.82. The molecule has 31 heavy (non-hydrogen) atoms. The van der Waals surface area contributed by atoms with Crippen molar-refractivity contribution in [3.63, 3.8) is 0 Å². The standard InChI is InChI=1S/C23H25N3O5/c1-16(27)31-22(18-7-5-4-6-8-18)23(28)25-19-14-24-26(15-19)12-11-17-9-10-20(29-2)21(13-17)30-3/h4-10,13-15,22H,11-12H2,1-3H3,(H,25,28)/t22-/m1/s1. The Bertz CT molecular complexity index is 1030. The van der Waals surface area contributed by atoms with Crippen molar-refractivity contribution in [3.8, 4) is 11.5 Å². The number of amides is 1. The Hall–Kier alpha value is -3.81. The van der Waals surface area contributed by atoms with Gasteiger partial charge in [0.1, 0.15) is 0 Å². The van der Waals surface area contributed by atoms with Crippen molar-refractivity contribution in [2.45, 2.75) is 26.0 Å². The molecule has 1 atom stereocenters. The molecule has 0 aliphatic rings. The number of anilines is 1. The van der Waals surface area contributed by atoms with Gasteiger partial charge in [-0.1, -0.05) is 36.4 Å².